The van der Waals surface area contributed by atoms with E-state index in [2.05, 4.69) is 20.6 Å². The lowest BCUT2D eigenvalue weighted by Crippen LogP contribution is -2.06. The van der Waals surface area contributed by atoms with Gasteiger partial charge < -0.3 is 10.6 Å². The molecule has 3 rings (SSSR count). The van der Waals surface area contributed by atoms with E-state index >= 15 is 0 Å². The maximum Gasteiger partial charge on any atom is 0.131 e. The summed E-state index contributed by atoms with van der Waals surface area (Å²) in [6, 6.07) is 8.88. The van der Waals surface area contributed by atoms with Gasteiger partial charge in [-0.05, 0) is 30.5 Å². The van der Waals surface area contributed by atoms with Gasteiger partial charge in [0.05, 0.1) is 0 Å². The highest BCUT2D eigenvalue weighted by atomic mass is 19.1. The fourth-order valence-corrected chi connectivity index (χ4v) is 1.76. The first-order chi connectivity index (χ1) is 9.29. The number of nitrogens with one attached hydrogen (secondary N) is 2. The molecule has 1 saturated carbocycles. The number of halogens is 1. The highest BCUT2D eigenvalue weighted by Crippen LogP contribution is 2.24. The molecule has 1 aliphatic carbocycles. The molecule has 1 fully saturated rings. The monoisotopic (exact) mass is 258 g/mol. The minimum absolute atomic E-state index is 0.221. The van der Waals surface area contributed by atoms with Crippen LogP contribution in [0.2, 0.25) is 0 Å². The van der Waals surface area contributed by atoms with Crippen LogP contribution in [0.25, 0.3) is 0 Å². The molecule has 0 saturated heterocycles. The van der Waals surface area contributed by atoms with Crippen molar-refractivity contribution in [2.75, 3.05) is 10.6 Å². The number of anilines is 2. The lowest BCUT2D eigenvalue weighted by atomic mass is 10.2. The Bertz CT molecular complexity index is 552. The topological polar surface area (TPSA) is 49.8 Å². The SMILES string of the molecule is Fc1ccc(CNc2cc(NC3CC3)ncn2)cc1. The summed E-state index contributed by atoms with van der Waals surface area (Å²) < 4.78 is 12.8. The Balaban J connectivity index is 1.60. The Kier molecular flexibility index (Phi) is 3.27. The highest BCUT2D eigenvalue weighted by molar-refractivity contribution is 5.47. The molecule has 4 nitrogen and oxygen atoms in total. The predicted molar refractivity (Wildman–Crippen MR) is 72.4 cm³/mol. The molecule has 0 radical (unpaired) electrons. The molecule has 5 heteroatoms. The summed E-state index contributed by atoms with van der Waals surface area (Å²) in [4.78, 5) is 8.34. The van der Waals surface area contributed by atoms with Crippen molar-refractivity contribution in [3.05, 3.63) is 48.0 Å². The first kappa shape index (κ1) is 11.9. The second kappa shape index (κ2) is 5.22. The van der Waals surface area contributed by atoms with Gasteiger partial charge in [-0.3, -0.25) is 0 Å². The third-order valence-corrected chi connectivity index (χ3v) is 2.98. The second-order valence-electron chi connectivity index (χ2n) is 4.69. The summed E-state index contributed by atoms with van der Waals surface area (Å²) >= 11 is 0. The third-order valence-electron chi connectivity index (χ3n) is 2.98. The van der Waals surface area contributed by atoms with Crippen molar-refractivity contribution in [2.24, 2.45) is 0 Å². The lowest BCUT2D eigenvalue weighted by Gasteiger charge is -2.08. The summed E-state index contributed by atoms with van der Waals surface area (Å²) in [6.07, 6.45) is 3.96. The Morgan fingerprint density at radius 3 is 2.58 bits per heavy atom. The molecule has 1 aromatic carbocycles. The van der Waals surface area contributed by atoms with Gasteiger partial charge in [-0.1, -0.05) is 12.1 Å². The van der Waals surface area contributed by atoms with E-state index < -0.39 is 0 Å². The van der Waals surface area contributed by atoms with E-state index in [-0.39, 0.29) is 5.82 Å². The van der Waals surface area contributed by atoms with Crippen molar-refractivity contribution in [3.8, 4) is 0 Å². The van der Waals surface area contributed by atoms with Crippen LogP contribution in [0.5, 0.6) is 0 Å². The number of rotatable bonds is 5. The Morgan fingerprint density at radius 2 is 1.84 bits per heavy atom. The molecule has 2 N–H and O–H groups in total. The van der Waals surface area contributed by atoms with Crippen LogP contribution in [0.3, 0.4) is 0 Å². The smallest absolute Gasteiger partial charge is 0.131 e. The Hall–Kier alpha value is -2.17. The van der Waals surface area contributed by atoms with Gasteiger partial charge >= 0.3 is 0 Å². The molecular formula is C14H15FN4. The largest absolute Gasteiger partial charge is 0.367 e. The zero-order valence-corrected chi connectivity index (χ0v) is 10.4. The van der Waals surface area contributed by atoms with Crippen molar-refractivity contribution in [1.82, 2.24) is 9.97 Å². The van der Waals surface area contributed by atoms with Crippen LogP contribution < -0.4 is 10.6 Å². The molecule has 0 amide bonds. The van der Waals surface area contributed by atoms with Crippen LogP contribution in [0.1, 0.15) is 18.4 Å². The van der Waals surface area contributed by atoms with Gasteiger partial charge in [0.25, 0.3) is 0 Å². The first-order valence-corrected chi connectivity index (χ1v) is 6.36. The van der Waals surface area contributed by atoms with Crippen molar-refractivity contribution in [3.63, 3.8) is 0 Å². The molecule has 19 heavy (non-hydrogen) atoms. The number of benzene rings is 1. The van der Waals surface area contributed by atoms with Crippen molar-refractivity contribution < 1.29 is 4.39 Å². The van der Waals surface area contributed by atoms with E-state index in [1.54, 1.807) is 12.1 Å². The molecule has 0 unspecified atom stereocenters. The molecule has 1 aromatic heterocycles. The summed E-state index contributed by atoms with van der Waals surface area (Å²) in [7, 11) is 0. The van der Waals surface area contributed by atoms with E-state index in [4.69, 9.17) is 0 Å². The number of hydrogen-bond donors (Lipinski definition) is 2. The Morgan fingerprint density at radius 1 is 1.11 bits per heavy atom. The van der Waals surface area contributed by atoms with Gasteiger partial charge in [0.2, 0.25) is 0 Å². The summed E-state index contributed by atoms with van der Waals surface area (Å²) in [6.45, 7) is 0.611. The summed E-state index contributed by atoms with van der Waals surface area (Å²) in [5, 5.41) is 6.52. The number of nitrogens with zero attached hydrogens (tertiary/aromatic N) is 2. The molecule has 0 bridgehead atoms. The normalized spacial score (nSPS) is 14.2. The molecule has 0 spiro atoms. The van der Waals surface area contributed by atoms with Crippen molar-refractivity contribution in [2.45, 2.75) is 25.4 Å². The van der Waals surface area contributed by atoms with E-state index in [1.807, 2.05) is 6.07 Å². The maximum absolute atomic E-state index is 12.8. The van der Waals surface area contributed by atoms with E-state index in [9.17, 15) is 4.39 Å². The van der Waals surface area contributed by atoms with Crippen LogP contribution in [0.4, 0.5) is 16.0 Å². The molecule has 98 valence electrons. The fraction of sp³-hybridized carbons (Fsp3) is 0.286. The third kappa shape index (κ3) is 3.40. The maximum atomic E-state index is 12.8. The standard InChI is InChI=1S/C14H15FN4/c15-11-3-1-10(2-4-11)8-16-13-7-14(18-9-17-13)19-12-5-6-12/h1-4,7,9,12H,5-6,8H2,(H2,16,17,18,19). The number of hydrogen-bond acceptors (Lipinski definition) is 4. The van der Waals surface area contributed by atoms with Gasteiger partial charge in [-0.2, -0.15) is 0 Å². The van der Waals surface area contributed by atoms with E-state index in [0.717, 1.165) is 17.2 Å². The lowest BCUT2D eigenvalue weighted by molar-refractivity contribution is 0.627. The molecule has 0 aliphatic heterocycles. The van der Waals surface area contributed by atoms with Gasteiger partial charge in [0.15, 0.2) is 0 Å². The van der Waals surface area contributed by atoms with Crippen molar-refractivity contribution in [1.29, 1.82) is 0 Å². The molecule has 1 aliphatic rings. The van der Waals surface area contributed by atoms with Crippen LogP contribution in [-0.4, -0.2) is 16.0 Å². The molecule has 2 aromatic rings. The van der Waals surface area contributed by atoms with Crippen molar-refractivity contribution >= 4 is 11.6 Å². The molecular weight excluding hydrogens is 243 g/mol. The van der Waals surface area contributed by atoms with Crippen LogP contribution in [0, 0.1) is 5.82 Å². The molecule has 0 atom stereocenters. The number of aromatic nitrogens is 2. The Labute approximate surface area is 111 Å². The second-order valence-corrected chi connectivity index (χ2v) is 4.69. The van der Waals surface area contributed by atoms with Crippen LogP contribution in [-0.2, 0) is 6.54 Å². The first-order valence-electron chi connectivity index (χ1n) is 6.36. The fourth-order valence-electron chi connectivity index (χ4n) is 1.76. The van der Waals surface area contributed by atoms with Crippen LogP contribution >= 0.6 is 0 Å². The highest BCUT2D eigenvalue weighted by Gasteiger charge is 2.21. The molecule has 1 heterocycles. The summed E-state index contributed by atoms with van der Waals surface area (Å²) in [5.74, 6) is 1.39. The van der Waals surface area contributed by atoms with Gasteiger partial charge in [-0.25, -0.2) is 14.4 Å². The zero-order chi connectivity index (χ0) is 13.1. The van der Waals surface area contributed by atoms with Crippen LogP contribution in [0.15, 0.2) is 36.7 Å². The average molecular weight is 258 g/mol. The van der Waals surface area contributed by atoms with Gasteiger partial charge in [0.1, 0.15) is 23.8 Å². The van der Waals surface area contributed by atoms with E-state index in [0.29, 0.717) is 12.6 Å². The minimum atomic E-state index is -0.221. The van der Waals surface area contributed by atoms with E-state index in [1.165, 1.54) is 31.3 Å². The predicted octanol–water partition coefficient (Wildman–Crippen LogP) is 2.80. The van der Waals surface area contributed by atoms with Gasteiger partial charge in [0, 0.05) is 18.7 Å². The quantitative estimate of drug-likeness (QED) is 0.865. The minimum Gasteiger partial charge on any atom is -0.367 e. The average Bonchev–Trinajstić information content (AvgIpc) is 3.23. The summed E-state index contributed by atoms with van der Waals surface area (Å²) in [5.41, 5.74) is 1.01. The van der Waals surface area contributed by atoms with Gasteiger partial charge in [-0.15, -0.1) is 0 Å². The zero-order valence-electron chi connectivity index (χ0n) is 10.4.